The summed E-state index contributed by atoms with van der Waals surface area (Å²) >= 11 is 3.82. The molecule has 2 heteroatoms. The lowest BCUT2D eigenvalue weighted by atomic mass is 9.98. The van der Waals surface area contributed by atoms with Crippen molar-refractivity contribution in [3.05, 3.63) is 65.2 Å². The second-order valence-electron chi connectivity index (χ2n) is 6.06. The molecule has 0 amide bonds. The molecule has 2 aromatic rings. The standard InChI is InChI=1S/C18H19BrO/c1-18(2)12-15-11-14(8-9-17(15)20-18)16(19)10-13-6-4-3-5-7-13/h3-9,11,16H,10,12H2,1-2H3. The van der Waals surface area contributed by atoms with Gasteiger partial charge in [0, 0.05) is 11.2 Å². The molecular weight excluding hydrogens is 312 g/mol. The lowest BCUT2D eigenvalue weighted by Gasteiger charge is -2.16. The molecule has 0 saturated carbocycles. The molecule has 1 atom stereocenters. The zero-order valence-electron chi connectivity index (χ0n) is 11.9. The Balaban J connectivity index is 1.79. The summed E-state index contributed by atoms with van der Waals surface area (Å²) in [6.07, 6.45) is 1.99. The van der Waals surface area contributed by atoms with Crippen molar-refractivity contribution in [2.45, 2.75) is 37.1 Å². The van der Waals surface area contributed by atoms with E-state index < -0.39 is 0 Å². The largest absolute Gasteiger partial charge is 0.487 e. The van der Waals surface area contributed by atoms with Crippen LogP contribution in [0.2, 0.25) is 0 Å². The monoisotopic (exact) mass is 330 g/mol. The number of halogens is 1. The van der Waals surface area contributed by atoms with Gasteiger partial charge in [0.1, 0.15) is 11.4 Å². The molecule has 0 radical (unpaired) electrons. The van der Waals surface area contributed by atoms with Crippen molar-refractivity contribution in [2.75, 3.05) is 0 Å². The first-order valence-electron chi connectivity index (χ1n) is 7.03. The molecule has 3 rings (SSSR count). The first-order chi connectivity index (χ1) is 9.53. The molecule has 1 unspecified atom stereocenters. The van der Waals surface area contributed by atoms with Gasteiger partial charge in [-0.15, -0.1) is 0 Å². The maximum absolute atomic E-state index is 5.93. The predicted octanol–water partition coefficient (Wildman–Crippen LogP) is 5.08. The molecule has 2 aromatic carbocycles. The molecule has 0 N–H and O–H groups in total. The summed E-state index contributed by atoms with van der Waals surface area (Å²) in [6, 6.07) is 17.2. The van der Waals surface area contributed by atoms with E-state index in [4.69, 9.17) is 4.74 Å². The molecule has 0 fully saturated rings. The van der Waals surface area contributed by atoms with Crippen molar-refractivity contribution < 1.29 is 4.74 Å². The molecule has 0 aromatic heterocycles. The van der Waals surface area contributed by atoms with Crippen LogP contribution in [0.1, 0.15) is 35.4 Å². The van der Waals surface area contributed by atoms with Gasteiger partial charge in [0.15, 0.2) is 0 Å². The molecule has 1 heterocycles. The summed E-state index contributed by atoms with van der Waals surface area (Å²) < 4.78 is 5.93. The van der Waals surface area contributed by atoms with Crippen LogP contribution in [0.15, 0.2) is 48.5 Å². The molecule has 1 aliphatic rings. The summed E-state index contributed by atoms with van der Waals surface area (Å²) in [5.74, 6) is 1.04. The predicted molar refractivity (Wildman–Crippen MR) is 86.7 cm³/mol. The van der Waals surface area contributed by atoms with Crippen LogP contribution in [0.4, 0.5) is 0 Å². The number of alkyl halides is 1. The number of rotatable bonds is 3. The summed E-state index contributed by atoms with van der Waals surface area (Å²) in [7, 11) is 0. The van der Waals surface area contributed by atoms with Gasteiger partial charge in [0.05, 0.1) is 0 Å². The number of fused-ring (bicyclic) bond motifs is 1. The highest BCUT2D eigenvalue weighted by Gasteiger charge is 2.30. The Morgan fingerprint density at radius 2 is 1.90 bits per heavy atom. The Hall–Kier alpha value is -1.28. The average Bonchev–Trinajstić information content (AvgIpc) is 2.72. The van der Waals surface area contributed by atoms with Crippen LogP contribution in [-0.4, -0.2) is 5.60 Å². The van der Waals surface area contributed by atoms with Crippen molar-refractivity contribution in [1.82, 2.24) is 0 Å². The van der Waals surface area contributed by atoms with Gasteiger partial charge >= 0.3 is 0 Å². The van der Waals surface area contributed by atoms with Crippen LogP contribution in [0.5, 0.6) is 5.75 Å². The molecule has 104 valence electrons. The van der Waals surface area contributed by atoms with Crippen LogP contribution in [0, 0.1) is 0 Å². The first-order valence-corrected chi connectivity index (χ1v) is 7.95. The Bertz CT molecular complexity index is 604. The van der Waals surface area contributed by atoms with Gasteiger partial charge in [-0.2, -0.15) is 0 Å². The Kier molecular flexibility index (Phi) is 3.59. The van der Waals surface area contributed by atoms with Gasteiger partial charge in [0.2, 0.25) is 0 Å². The van der Waals surface area contributed by atoms with E-state index in [9.17, 15) is 0 Å². The van der Waals surface area contributed by atoms with Crippen molar-refractivity contribution >= 4 is 15.9 Å². The van der Waals surface area contributed by atoms with Gasteiger partial charge in [-0.05, 0) is 43.0 Å². The summed E-state index contributed by atoms with van der Waals surface area (Å²) in [6.45, 7) is 4.28. The second-order valence-corrected chi connectivity index (χ2v) is 7.17. The van der Waals surface area contributed by atoms with Crippen LogP contribution in [-0.2, 0) is 12.8 Å². The van der Waals surface area contributed by atoms with Crippen molar-refractivity contribution in [2.24, 2.45) is 0 Å². The Morgan fingerprint density at radius 1 is 1.15 bits per heavy atom. The first kappa shape index (κ1) is 13.7. The van der Waals surface area contributed by atoms with E-state index in [0.29, 0.717) is 4.83 Å². The quantitative estimate of drug-likeness (QED) is 0.713. The second kappa shape index (κ2) is 5.25. The fourth-order valence-electron chi connectivity index (χ4n) is 2.76. The fourth-order valence-corrected chi connectivity index (χ4v) is 3.42. The summed E-state index contributed by atoms with van der Waals surface area (Å²) in [5.41, 5.74) is 3.94. The Morgan fingerprint density at radius 3 is 2.65 bits per heavy atom. The third-order valence-electron chi connectivity index (χ3n) is 3.71. The smallest absolute Gasteiger partial charge is 0.123 e. The average molecular weight is 331 g/mol. The normalized spacial score (nSPS) is 17.4. The van der Waals surface area contributed by atoms with Crippen molar-refractivity contribution in [3.8, 4) is 5.75 Å². The number of ether oxygens (including phenoxy) is 1. The topological polar surface area (TPSA) is 9.23 Å². The van der Waals surface area contributed by atoms with Gasteiger partial charge in [0.25, 0.3) is 0 Å². The van der Waals surface area contributed by atoms with Gasteiger partial charge in [-0.3, -0.25) is 0 Å². The minimum Gasteiger partial charge on any atom is -0.487 e. The van der Waals surface area contributed by atoms with E-state index >= 15 is 0 Å². The van der Waals surface area contributed by atoms with E-state index in [2.05, 4.69) is 78.3 Å². The van der Waals surface area contributed by atoms with Crippen LogP contribution in [0.3, 0.4) is 0 Å². The van der Waals surface area contributed by atoms with Crippen LogP contribution >= 0.6 is 15.9 Å². The molecule has 0 spiro atoms. The number of benzene rings is 2. The van der Waals surface area contributed by atoms with Crippen molar-refractivity contribution in [3.63, 3.8) is 0 Å². The molecule has 1 aliphatic heterocycles. The molecule has 0 bridgehead atoms. The van der Waals surface area contributed by atoms with Gasteiger partial charge in [-0.1, -0.05) is 58.4 Å². The lowest BCUT2D eigenvalue weighted by Crippen LogP contribution is -2.24. The van der Waals surface area contributed by atoms with Crippen LogP contribution in [0.25, 0.3) is 0 Å². The molecule has 1 nitrogen and oxygen atoms in total. The van der Waals surface area contributed by atoms with E-state index in [1.807, 2.05) is 0 Å². The Labute approximate surface area is 129 Å². The van der Waals surface area contributed by atoms with Crippen LogP contribution < -0.4 is 4.74 Å². The minimum absolute atomic E-state index is 0.0673. The fraction of sp³-hybridized carbons (Fsp3) is 0.333. The van der Waals surface area contributed by atoms with E-state index in [0.717, 1.165) is 18.6 Å². The maximum atomic E-state index is 5.93. The SMILES string of the molecule is CC1(C)Cc2cc(C(Br)Cc3ccccc3)ccc2O1. The molecular formula is C18H19BrO. The molecule has 20 heavy (non-hydrogen) atoms. The highest BCUT2D eigenvalue weighted by Crippen LogP contribution is 2.38. The number of hydrogen-bond donors (Lipinski definition) is 0. The van der Waals surface area contributed by atoms with E-state index in [1.165, 1.54) is 16.7 Å². The van der Waals surface area contributed by atoms with E-state index in [-0.39, 0.29) is 5.60 Å². The third-order valence-corrected chi connectivity index (χ3v) is 4.56. The van der Waals surface area contributed by atoms with Gasteiger partial charge in [-0.25, -0.2) is 0 Å². The summed E-state index contributed by atoms with van der Waals surface area (Å²) in [4.78, 5) is 0.346. The third kappa shape index (κ3) is 2.90. The maximum Gasteiger partial charge on any atom is 0.123 e. The van der Waals surface area contributed by atoms with Gasteiger partial charge < -0.3 is 4.74 Å². The van der Waals surface area contributed by atoms with E-state index in [1.54, 1.807) is 0 Å². The zero-order valence-corrected chi connectivity index (χ0v) is 13.5. The summed E-state index contributed by atoms with van der Waals surface area (Å²) in [5, 5.41) is 0. The highest BCUT2D eigenvalue weighted by molar-refractivity contribution is 9.09. The van der Waals surface area contributed by atoms with Crippen molar-refractivity contribution in [1.29, 1.82) is 0 Å². The zero-order chi connectivity index (χ0) is 14.2. The highest BCUT2D eigenvalue weighted by atomic mass is 79.9. The molecule has 0 aliphatic carbocycles. The molecule has 0 saturated heterocycles. The minimum atomic E-state index is -0.0673. The number of hydrogen-bond acceptors (Lipinski definition) is 1. The lowest BCUT2D eigenvalue weighted by molar-refractivity contribution is 0.138.